The lowest BCUT2D eigenvalue weighted by atomic mass is 10.1. The Morgan fingerprint density at radius 3 is 2.89 bits per heavy atom. The van der Waals surface area contributed by atoms with Crippen molar-refractivity contribution in [1.82, 2.24) is 0 Å². The van der Waals surface area contributed by atoms with Gasteiger partial charge < -0.3 is 14.6 Å². The van der Waals surface area contributed by atoms with E-state index in [1.54, 1.807) is 0 Å². The first-order chi connectivity index (χ1) is 8.59. The van der Waals surface area contributed by atoms with E-state index in [2.05, 4.69) is 0 Å². The second kappa shape index (κ2) is 5.44. The van der Waals surface area contributed by atoms with Gasteiger partial charge in [-0.05, 0) is 12.8 Å². The molecule has 1 N–H and O–H groups in total. The molecule has 1 aliphatic rings. The van der Waals surface area contributed by atoms with E-state index in [4.69, 9.17) is 26.2 Å². The number of benzene rings is 1. The Kier molecular flexibility index (Phi) is 3.91. The van der Waals surface area contributed by atoms with Crippen molar-refractivity contribution in [3.63, 3.8) is 0 Å². The van der Waals surface area contributed by atoms with Crippen LogP contribution in [0.5, 0.6) is 11.5 Å². The summed E-state index contributed by atoms with van der Waals surface area (Å²) < 4.78 is 24.6. The molecule has 4 nitrogen and oxygen atoms in total. The Bertz CT molecular complexity index is 476. The van der Waals surface area contributed by atoms with E-state index in [-0.39, 0.29) is 17.9 Å². The van der Waals surface area contributed by atoms with Crippen LogP contribution in [0.2, 0.25) is 5.02 Å². The van der Waals surface area contributed by atoms with E-state index >= 15 is 0 Å². The Labute approximate surface area is 108 Å². The van der Waals surface area contributed by atoms with Gasteiger partial charge in [0.25, 0.3) is 0 Å². The molecule has 6 heteroatoms. The van der Waals surface area contributed by atoms with Gasteiger partial charge in [0.1, 0.15) is 19.0 Å². The van der Waals surface area contributed by atoms with E-state index in [1.165, 1.54) is 6.07 Å². The monoisotopic (exact) mass is 274 g/mol. The normalized spacial score (nSPS) is 13.4. The second-order valence-corrected chi connectivity index (χ2v) is 4.33. The molecule has 0 aliphatic carbocycles. The first-order valence-electron chi connectivity index (χ1n) is 5.58. The van der Waals surface area contributed by atoms with Crippen molar-refractivity contribution in [3.05, 3.63) is 22.5 Å². The van der Waals surface area contributed by atoms with Gasteiger partial charge >= 0.3 is 5.97 Å². The van der Waals surface area contributed by atoms with Crippen molar-refractivity contribution >= 4 is 17.6 Å². The van der Waals surface area contributed by atoms with Gasteiger partial charge in [-0.25, -0.2) is 4.39 Å². The van der Waals surface area contributed by atoms with Gasteiger partial charge in [0.15, 0.2) is 11.5 Å². The summed E-state index contributed by atoms with van der Waals surface area (Å²) in [7, 11) is 0. The Hall–Kier alpha value is -1.49. The standard InChI is InChI=1S/C12H12ClFO4/c13-8-6-9-12(18-5-4-17-9)7(11(8)14)2-1-3-10(15)16/h6H,1-5H2,(H,15,16). The average molecular weight is 275 g/mol. The van der Waals surface area contributed by atoms with E-state index < -0.39 is 11.8 Å². The SMILES string of the molecule is O=C(O)CCCc1c(F)c(Cl)cc2c1OCCO2. The zero-order valence-corrected chi connectivity index (χ0v) is 10.3. The third kappa shape index (κ3) is 2.67. The highest BCUT2D eigenvalue weighted by Gasteiger charge is 2.22. The minimum atomic E-state index is -0.913. The zero-order chi connectivity index (χ0) is 13.1. The number of hydrogen-bond donors (Lipinski definition) is 1. The molecule has 0 fully saturated rings. The van der Waals surface area contributed by atoms with Crippen LogP contribution in [-0.4, -0.2) is 24.3 Å². The highest BCUT2D eigenvalue weighted by molar-refractivity contribution is 6.31. The lowest BCUT2D eigenvalue weighted by molar-refractivity contribution is -0.137. The third-order valence-electron chi connectivity index (χ3n) is 2.64. The molecule has 1 aliphatic heterocycles. The van der Waals surface area contributed by atoms with Gasteiger partial charge in [0.2, 0.25) is 0 Å². The number of carboxylic acids is 1. The summed E-state index contributed by atoms with van der Waals surface area (Å²) in [6.07, 6.45) is 0.550. The molecule has 0 bridgehead atoms. The topological polar surface area (TPSA) is 55.8 Å². The maximum Gasteiger partial charge on any atom is 0.303 e. The van der Waals surface area contributed by atoms with Crippen molar-refractivity contribution in [2.45, 2.75) is 19.3 Å². The maximum absolute atomic E-state index is 13.9. The maximum atomic E-state index is 13.9. The second-order valence-electron chi connectivity index (χ2n) is 3.92. The quantitative estimate of drug-likeness (QED) is 0.917. The van der Waals surface area contributed by atoms with Crippen LogP contribution in [0.1, 0.15) is 18.4 Å². The fraction of sp³-hybridized carbons (Fsp3) is 0.417. The van der Waals surface area contributed by atoms with Crippen LogP contribution >= 0.6 is 11.6 Å². The molecule has 0 aromatic heterocycles. The van der Waals surface area contributed by atoms with Gasteiger partial charge in [0.05, 0.1) is 5.02 Å². The number of halogens is 2. The van der Waals surface area contributed by atoms with Crippen LogP contribution in [0.15, 0.2) is 6.07 Å². The summed E-state index contributed by atoms with van der Waals surface area (Å²) in [5.41, 5.74) is 0.290. The number of rotatable bonds is 4. The van der Waals surface area contributed by atoms with E-state index in [9.17, 15) is 9.18 Å². The molecule has 0 amide bonds. The number of ether oxygens (including phenoxy) is 2. The van der Waals surface area contributed by atoms with Crippen molar-refractivity contribution in [2.24, 2.45) is 0 Å². The zero-order valence-electron chi connectivity index (χ0n) is 9.54. The lowest BCUT2D eigenvalue weighted by Crippen LogP contribution is -2.17. The number of aliphatic carboxylic acids is 1. The third-order valence-corrected chi connectivity index (χ3v) is 2.91. The van der Waals surface area contributed by atoms with Crippen molar-refractivity contribution in [1.29, 1.82) is 0 Å². The number of carboxylic acid groups (broad SMARTS) is 1. The number of fused-ring (bicyclic) bond motifs is 1. The molecule has 0 spiro atoms. The Balaban J connectivity index is 2.26. The minimum absolute atomic E-state index is 0.0262. The van der Waals surface area contributed by atoms with Gasteiger partial charge in [-0.1, -0.05) is 11.6 Å². The summed E-state index contributed by atoms with van der Waals surface area (Å²) >= 11 is 5.77. The average Bonchev–Trinajstić information content (AvgIpc) is 2.33. The molecule has 0 atom stereocenters. The van der Waals surface area contributed by atoms with E-state index in [1.807, 2.05) is 0 Å². The van der Waals surface area contributed by atoms with Crippen molar-refractivity contribution < 1.29 is 23.8 Å². The van der Waals surface area contributed by atoms with Gasteiger partial charge in [-0.2, -0.15) is 0 Å². The number of carbonyl (C=O) groups is 1. The minimum Gasteiger partial charge on any atom is -0.486 e. The first kappa shape index (κ1) is 13.0. The van der Waals surface area contributed by atoms with Gasteiger partial charge in [0, 0.05) is 18.1 Å². The molecule has 98 valence electrons. The van der Waals surface area contributed by atoms with E-state index in [0.717, 1.165) is 0 Å². The van der Waals surface area contributed by atoms with Gasteiger partial charge in [-0.15, -0.1) is 0 Å². The molecule has 1 aromatic carbocycles. The number of hydrogen-bond acceptors (Lipinski definition) is 3. The summed E-state index contributed by atoms with van der Waals surface area (Å²) in [4.78, 5) is 10.5. The molecule has 18 heavy (non-hydrogen) atoms. The highest BCUT2D eigenvalue weighted by atomic mass is 35.5. The molecule has 0 unspecified atom stereocenters. The summed E-state index contributed by atoms with van der Waals surface area (Å²) in [5, 5.41) is 8.54. The molecule has 0 radical (unpaired) electrons. The van der Waals surface area contributed by atoms with Crippen molar-refractivity contribution in [3.8, 4) is 11.5 Å². The van der Waals surface area contributed by atoms with Crippen LogP contribution in [0.25, 0.3) is 0 Å². The summed E-state index contributed by atoms with van der Waals surface area (Å²) in [5.74, 6) is -0.721. The van der Waals surface area contributed by atoms with Crippen molar-refractivity contribution in [2.75, 3.05) is 13.2 Å². The first-order valence-corrected chi connectivity index (χ1v) is 5.95. The predicted octanol–water partition coefficient (Wildman–Crippen LogP) is 2.66. The van der Waals surface area contributed by atoms with Crippen LogP contribution in [-0.2, 0) is 11.2 Å². The Morgan fingerprint density at radius 1 is 1.44 bits per heavy atom. The van der Waals surface area contributed by atoms with Crippen LogP contribution in [0.3, 0.4) is 0 Å². The molecule has 1 aromatic rings. The van der Waals surface area contributed by atoms with Crippen LogP contribution in [0.4, 0.5) is 4.39 Å². The molecule has 0 saturated carbocycles. The fourth-order valence-corrected chi connectivity index (χ4v) is 2.05. The molecular weight excluding hydrogens is 263 g/mol. The predicted molar refractivity (Wildman–Crippen MR) is 63.0 cm³/mol. The molecule has 1 heterocycles. The smallest absolute Gasteiger partial charge is 0.303 e. The molecule has 2 rings (SSSR count). The Morgan fingerprint density at radius 2 is 2.17 bits per heavy atom. The van der Waals surface area contributed by atoms with Gasteiger partial charge in [-0.3, -0.25) is 4.79 Å². The summed E-state index contributed by atoms with van der Waals surface area (Å²) in [6, 6.07) is 1.38. The van der Waals surface area contributed by atoms with Crippen LogP contribution < -0.4 is 9.47 Å². The lowest BCUT2D eigenvalue weighted by Gasteiger charge is -2.22. The molecule has 0 saturated heterocycles. The largest absolute Gasteiger partial charge is 0.486 e. The highest BCUT2D eigenvalue weighted by Crippen LogP contribution is 2.39. The fourth-order valence-electron chi connectivity index (χ4n) is 1.84. The van der Waals surface area contributed by atoms with Crippen LogP contribution in [0, 0.1) is 5.82 Å². The summed E-state index contributed by atoms with van der Waals surface area (Å²) in [6.45, 7) is 0.740. The van der Waals surface area contributed by atoms with E-state index in [0.29, 0.717) is 36.7 Å². The molecular formula is C12H12ClFO4.